The van der Waals surface area contributed by atoms with Gasteiger partial charge in [-0.1, -0.05) is 32.0 Å². The molecule has 0 aliphatic heterocycles. The number of rotatable bonds is 8. The minimum atomic E-state index is -0.113. The Balaban J connectivity index is 1.90. The largest absolute Gasteiger partial charge is 0.493 e. The molecule has 0 unspecified atom stereocenters. The van der Waals surface area contributed by atoms with E-state index in [0.717, 1.165) is 17.1 Å². The van der Waals surface area contributed by atoms with Crippen LogP contribution >= 0.6 is 0 Å². The van der Waals surface area contributed by atoms with E-state index < -0.39 is 0 Å². The van der Waals surface area contributed by atoms with E-state index in [4.69, 9.17) is 9.47 Å². The maximum Gasteiger partial charge on any atom is 0.251 e. The van der Waals surface area contributed by atoms with Gasteiger partial charge < -0.3 is 14.8 Å². The van der Waals surface area contributed by atoms with Crippen molar-refractivity contribution in [3.8, 4) is 11.5 Å². The first-order valence-corrected chi connectivity index (χ1v) is 8.70. The average Bonchev–Trinajstić information content (AvgIpc) is 2.59. The van der Waals surface area contributed by atoms with Gasteiger partial charge in [-0.15, -0.1) is 0 Å². The molecule has 1 N–H and O–H groups in total. The lowest BCUT2D eigenvalue weighted by Gasteiger charge is -2.11. The number of carbonyl (C=O) groups excluding carboxylic acids is 1. The molecule has 0 bridgehead atoms. The fourth-order valence-corrected chi connectivity index (χ4v) is 2.23. The van der Waals surface area contributed by atoms with Gasteiger partial charge in [-0.3, -0.25) is 4.79 Å². The van der Waals surface area contributed by atoms with E-state index >= 15 is 0 Å². The summed E-state index contributed by atoms with van der Waals surface area (Å²) >= 11 is 0. The van der Waals surface area contributed by atoms with Crippen molar-refractivity contribution in [1.29, 1.82) is 0 Å². The summed E-state index contributed by atoms with van der Waals surface area (Å²) in [5, 5.41) is 2.93. The molecule has 0 heterocycles. The lowest BCUT2D eigenvalue weighted by atomic mass is 10.1. The number of nitrogens with one attached hydrogen (secondary N) is 1. The van der Waals surface area contributed by atoms with E-state index in [1.807, 2.05) is 50.2 Å². The van der Waals surface area contributed by atoms with E-state index in [-0.39, 0.29) is 12.0 Å². The van der Waals surface area contributed by atoms with Gasteiger partial charge in [-0.25, -0.2) is 0 Å². The van der Waals surface area contributed by atoms with E-state index in [1.165, 1.54) is 0 Å². The molecule has 1 amide bonds. The Morgan fingerprint density at radius 3 is 2.36 bits per heavy atom. The third-order valence-electron chi connectivity index (χ3n) is 3.43. The Morgan fingerprint density at radius 1 is 1.00 bits per heavy atom. The van der Waals surface area contributed by atoms with E-state index in [2.05, 4.69) is 19.2 Å². The number of hydrogen-bond acceptors (Lipinski definition) is 3. The smallest absolute Gasteiger partial charge is 0.251 e. The van der Waals surface area contributed by atoms with Gasteiger partial charge in [0.05, 0.1) is 12.7 Å². The summed E-state index contributed by atoms with van der Waals surface area (Å²) in [6.07, 6.45) is 0.149. The number of benzene rings is 2. The standard InChI is InChI=1S/C21H27NO3/c1-15(2)14-24-20-7-5-6-18(12-20)21(23)22-13-17-8-10-19(11-9-17)25-16(3)4/h5-12,15-16H,13-14H2,1-4H3,(H,22,23). The number of amides is 1. The molecule has 0 fully saturated rings. The highest BCUT2D eigenvalue weighted by Gasteiger charge is 2.07. The minimum Gasteiger partial charge on any atom is -0.493 e. The highest BCUT2D eigenvalue weighted by atomic mass is 16.5. The second-order valence-electron chi connectivity index (χ2n) is 6.73. The quantitative estimate of drug-likeness (QED) is 0.772. The first-order chi connectivity index (χ1) is 11.9. The molecule has 2 aromatic rings. The third-order valence-corrected chi connectivity index (χ3v) is 3.43. The maximum atomic E-state index is 12.3. The van der Waals surface area contributed by atoms with Gasteiger partial charge in [-0.2, -0.15) is 0 Å². The van der Waals surface area contributed by atoms with Gasteiger partial charge >= 0.3 is 0 Å². The first kappa shape index (κ1) is 18.8. The summed E-state index contributed by atoms with van der Waals surface area (Å²) < 4.78 is 11.3. The third kappa shape index (κ3) is 6.49. The van der Waals surface area contributed by atoms with Crippen molar-refractivity contribution in [3.05, 3.63) is 59.7 Å². The van der Waals surface area contributed by atoms with Gasteiger partial charge in [0.15, 0.2) is 0 Å². The lowest BCUT2D eigenvalue weighted by Crippen LogP contribution is -2.22. The Bertz CT molecular complexity index is 678. The number of ether oxygens (including phenoxy) is 2. The number of hydrogen-bond donors (Lipinski definition) is 1. The van der Waals surface area contributed by atoms with E-state index in [9.17, 15) is 4.79 Å². The highest BCUT2D eigenvalue weighted by molar-refractivity contribution is 5.94. The summed E-state index contributed by atoms with van der Waals surface area (Å²) in [6.45, 7) is 9.27. The van der Waals surface area contributed by atoms with Crippen molar-refractivity contribution < 1.29 is 14.3 Å². The Morgan fingerprint density at radius 2 is 1.72 bits per heavy atom. The normalized spacial score (nSPS) is 10.8. The average molecular weight is 341 g/mol. The zero-order valence-electron chi connectivity index (χ0n) is 15.4. The lowest BCUT2D eigenvalue weighted by molar-refractivity contribution is 0.0950. The summed E-state index contributed by atoms with van der Waals surface area (Å²) in [6, 6.07) is 15.0. The second-order valence-corrected chi connectivity index (χ2v) is 6.73. The zero-order chi connectivity index (χ0) is 18.2. The van der Waals surface area contributed by atoms with Crippen LogP contribution in [-0.2, 0) is 6.54 Å². The van der Waals surface area contributed by atoms with Crippen molar-refractivity contribution in [2.45, 2.75) is 40.3 Å². The molecule has 4 nitrogen and oxygen atoms in total. The Kier molecular flexibility index (Phi) is 6.87. The molecular formula is C21H27NO3. The monoisotopic (exact) mass is 341 g/mol. The molecule has 4 heteroatoms. The van der Waals surface area contributed by atoms with Gasteiger partial charge in [0.25, 0.3) is 5.91 Å². The first-order valence-electron chi connectivity index (χ1n) is 8.70. The van der Waals surface area contributed by atoms with E-state index in [0.29, 0.717) is 24.6 Å². The highest BCUT2D eigenvalue weighted by Crippen LogP contribution is 2.16. The second kappa shape index (κ2) is 9.11. The van der Waals surface area contributed by atoms with Crippen LogP contribution in [0.2, 0.25) is 0 Å². The summed E-state index contributed by atoms with van der Waals surface area (Å²) in [4.78, 5) is 12.3. The predicted octanol–water partition coefficient (Wildman–Crippen LogP) is 4.44. The molecule has 2 rings (SSSR count). The molecule has 0 spiro atoms. The summed E-state index contributed by atoms with van der Waals surface area (Å²) in [5.74, 6) is 1.88. The van der Waals surface area contributed by atoms with Crippen LogP contribution in [-0.4, -0.2) is 18.6 Å². The SMILES string of the molecule is CC(C)COc1cccc(C(=O)NCc2ccc(OC(C)C)cc2)c1. The zero-order valence-corrected chi connectivity index (χ0v) is 15.4. The van der Waals surface area contributed by atoms with Crippen LogP contribution in [0.3, 0.4) is 0 Å². The van der Waals surface area contributed by atoms with Crippen LogP contribution in [0.15, 0.2) is 48.5 Å². The summed E-state index contributed by atoms with van der Waals surface area (Å²) in [7, 11) is 0. The van der Waals surface area contributed by atoms with Crippen molar-refractivity contribution in [3.63, 3.8) is 0 Å². The molecule has 0 aliphatic rings. The minimum absolute atomic E-state index is 0.113. The van der Waals surface area contributed by atoms with Crippen LogP contribution in [0, 0.1) is 5.92 Å². The summed E-state index contributed by atoms with van der Waals surface area (Å²) in [5.41, 5.74) is 1.62. The van der Waals surface area contributed by atoms with Crippen LogP contribution in [0.25, 0.3) is 0 Å². The molecule has 0 saturated carbocycles. The van der Waals surface area contributed by atoms with Gasteiger partial charge in [0, 0.05) is 12.1 Å². The Hall–Kier alpha value is -2.49. The molecule has 0 saturated heterocycles. The van der Waals surface area contributed by atoms with Crippen LogP contribution in [0.1, 0.15) is 43.6 Å². The molecular weight excluding hydrogens is 314 g/mol. The van der Waals surface area contributed by atoms with Crippen LogP contribution in [0.4, 0.5) is 0 Å². The van der Waals surface area contributed by atoms with Crippen molar-refractivity contribution in [1.82, 2.24) is 5.32 Å². The topological polar surface area (TPSA) is 47.6 Å². The molecule has 0 aromatic heterocycles. The van der Waals surface area contributed by atoms with Crippen molar-refractivity contribution in [2.24, 2.45) is 5.92 Å². The maximum absolute atomic E-state index is 12.3. The molecule has 134 valence electrons. The molecule has 25 heavy (non-hydrogen) atoms. The Labute approximate surface area is 150 Å². The van der Waals surface area contributed by atoms with Crippen LogP contribution < -0.4 is 14.8 Å². The van der Waals surface area contributed by atoms with Gasteiger partial charge in [0.2, 0.25) is 0 Å². The predicted molar refractivity (Wildman–Crippen MR) is 100 cm³/mol. The van der Waals surface area contributed by atoms with E-state index in [1.54, 1.807) is 12.1 Å². The molecule has 2 aromatic carbocycles. The van der Waals surface area contributed by atoms with Gasteiger partial charge in [-0.05, 0) is 55.7 Å². The molecule has 0 aliphatic carbocycles. The molecule has 0 radical (unpaired) electrons. The fourth-order valence-electron chi connectivity index (χ4n) is 2.23. The molecule has 0 atom stereocenters. The fraction of sp³-hybridized carbons (Fsp3) is 0.381. The van der Waals surface area contributed by atoms with Crippen molar-refractivity contribution >= 4 is 5.91 Å². The van der Waals surface area contributed by atoms with Gasteiger partial charge in [0.1, 0.15) is 11.5 Å². The van der Waals surface area contributed by atoms with Crippen LogP contribution in [0.5, 0.6) is 11.5 Å². The number of carbonyl (C=O) groups is 1. The van der Waals surface area contributed by atoms with Crippen molar-refractivity contribution in [2.75, 3.05) is 6.61 Å².